The molecule has 2 aromatic rings. The van der Waals surface area contributed by atoms with E-state index in [1.54, 1.807) is 12.1 Å². The number of thioether (sulfide) groups is 1. The third kappa shape index (κ3) is 4.25. The normalized spacial score (nSPS) is 10.3. The van der Waals surface area contributed by atoms with E-state index >= 15 is 0 Å². The van der Waals surface area contributed by atoms with E-state index in [-0.39, 0.29) is 11.6 Å². The van der Waals surface area contributed by atoms with Gasteiger partial charge in [-0.05, 0) is 24.3 Å². The summed E-state index contributed by atoms with van der Waals surface area (Å²) in [4.78, 5) is 12.7. The molecular weight excluding hydrogens is 297 g/mol. The van der Waals surface area contributed by atoms with Crippen LogP contribution in [0.15, 0.2) is 53.4 Å². The number of para-hydroxylation sites is 1. The Morgan fingerprint density at radius 3 is 2.60 bits per heavy atom. The zero-order valence-electron chi connectivity index (χ0n) is 10.6. The van der Waals surface area contributed by atoms with Gasteiger partial charge in [0.1, 0.15) is 5.82 Å². The smallest absolute Gasteiger partial charge is 0.225 e. The fourth-order valence-electron chi connectivity index (χ4n) is 1.59. The number of carbonyl (C=O) groups excluding carboxylic acids is 1. The third-order valence-electron chi connectivity index (χ3n) is 2.57. The lowest BCUT2D eigenvalue weighted by atomic mass is 10.3. The Morgan fingerprint density at radius 1 is 1.15 bits per heavy atom. The summed E-state index contributed by atoms with van der Waals surface area (Å²) >= 11 is 7.52. The van der Waals surface area contributed by atoms with Crippen LogP contribution in [0, 0.1) is 5.82 Å². The van der Waals surface area contributed by atoms with Crippen LogP contribution in [-0.4, -0.2) is 11.7 Å². The summed E-state index contributed by atoms with van der Waals surface area (Å²) < 4.78 is 13.4. The van der Waals surface area contributed by atoms with Gasteiger partial charge in [0.05, 0.1) is 10.7 Å². The SMILES string of the molecule is O=C(CCSc1ccccc1Cl)Nc1ccccc1F. The van der Waals surface area contributed by atoms with Gasteiger partial charge in [0.25, 0.3) is 0 Å². The van der Waals surface area contributed by atoms with Gasteiger partial charge in [-0.15, -0.1) is 11.8 Å². The molecule has 1 N–H and O–H groups in total. The highest BCUT2D eigenvalue weighted by Crippen LogP contribution is 2.27. The van der Waals surface area contributed by atoms with E-state index in [1.165, 1.54) is 23.9 Å². The van der Waals surface area contributed by atoms with Gasteiger partial charge in [0.15, 0.2) is 0 Å². The first-order valence-corrected chi connectivity index (χ1v) is 7.45. The summed E-state index contributed by atoms with van der Waals surface area (Å²) in [6.45, 7) is 0. The first kappa shape index (κ1) is 14.9. The number of hydrogen-bond acceptors (Lipinski definition) is 2. The molecule has 0 bridgehead atoms. The second-order valence-electron chi connectivity index (χ2n) is 4.06. The molecule has 2 aromatic carbocycles. The first-order valence-electron chi connectivity index (χ1n) is 6.08. The molecule has 2 nitrogen and oxygen atoms in total. The number of amides is 1. The van der Waals surface area contributed by atoms with Crippen molar-refractivity contribution in [1.29, 1.82) is 0 Å². The molecule has 0 atom stereocenters. The van der Waals surface area contributed by atoms with Crippen molar-refractivity contribution >= 4 is 35.0 Å². The fourth-order valence-corrected chi connectivity index (χ4v) is 2.78. The van der Waals surface area contributed by atoms with Crippen molar-refractivity contribution in [2.75, 3.05) is 11.1 Å². The Kier molecular flexibility index (Phi) is 5.44. The Hall–Kier alpha value is -1.52. The summed E-state index contributed by atoms with van der Waals surface area (Å²) in [6, 6.07) is 13.6. The lowest BCUT2D eigenvalue weighted by Gasteiger charge is -2.06. The van der Waals surface area contributed by atoms with Crippen LogP contribution in [0.25, 0.3) is 0 Å². The van der Waals surface area contributed by atoms with E-state index in [4.69, 9.17) is 11.6 Å². The highest BCUT2D eigenvalue weighted by molar-refractivity contribution is 7.99. The zero-order valence-corrected chi connectivity index (χ0v) is 12.2. The second-order valence-corrected chi connectivity index (χ2v) is 5.60. The number of nitrogens with one attached hydrogen (secondary N) is 1. The maximum Gasteiger partial charge on any atom is 0.225 e. The second kappa shape index (κ2) is 7.31. The van der Waals surface area contributed by atoms with Gasteiger partial charge in [-0.2, -0.15) is 0 Å². The van der Waals surface area contributed by atoms with Crippen molar-refractivity contribution in [3.63, 3.8) is 0 Å². The molecule has 0 spiro atoms. The van der Waals surface area contributed by atoms with Crippen molar-refractivity contribution < 1.29 is 9.18 Å². The van der Waals surface area contributed by atoms with Gasteiger partial charge in [0.2, 0.25) is 5.91 Å². The van der Waals surface area contributed by atoms with Crippen molar-refractivity contribution in [3.05, 3.63) is 59.4 Å². The Labute approximate surface area is 126 Å². The van der Waals surface area contributed by atoms with Crippen LogP contribution in [0.5, 0.6) is 0 Å². The van der Waals surface area contributed by atoms with E-state index in [2.05, 4.69) is 5.32 Å². The molecule has 20 heavy (non-hydrogen) atoms. The van der Waals surface area contributed by atoms with E-state index in [0.717, 1.165) is 4.90 Å². The number of carbonyl (C=O) groups is 1. The third-order valence-corrected chi connectivity index (χ3v) is 4.09. The molecule has 0 heterocycles. The monoisotopic (exact) mass is 309 g/mol. The van der Waals surface area contributed by atoms with Crippen LogP contribution in [0.3, 0.4) is 0 Å². The average Bonchev–Trinajstić information content (AvgIpc) is 2.43. The first-order chi connectivity index (χ1) is 9.66. The number of anilines is 1. The zero-order chi connectivity index (χ0) is 14.4. The molecule has 0 aromatic heterocycles. The van der Waals surface area contributed by atoms with Crippen LogP contribution in [0.2, 0.25) is 5.02 Å². The Morgan fingerprint density at radius 2 is 1.85 bits per heavy atom. The topological polar surface area (TPSA) is 29.1 Å². The molecule has 0 unspecified atom stereocenters. The number of halogens is 2. The molecule has 0 fully saturated rings. The number of hydrogen-bond donors (Lipinski definition) is 1. The molecule has 0 aliphatic heterocycles. The van der Waals surface area contributed by atoms with Crippen LogP contribution in [0.4, 0.5) is 10.1 Å². The summed E-state index contributed by atoms with van der Waals surface area (Å²) in [5.41, 5.74) is 0.209. The largest absolute Gasteiger partial charge is 0.324 e. The van der Waals surface area contributed by atoms with Crippen LogP contribution in [-0.2, 0) is 4.79 Å². The minimum Gasteiger partial charge on any atom is -0.324 e. The predicted octanol–water partition coefficient (Wildman–Crippen LogP) is 4.60. The molecule has 0 saturated heterocycles. The summed E-state index contributed by atoms with van der Waals surface area (Å²) in [7, 11) is 0. The van der Waals surface area contributed by atoms with Gasteiger partial charge in [0, 0.05) is 17.1 Å². The van der Waals surface area contributed by atoms with Gasteiger partial charge >= 0.3 is 0 Å². The van der Waals surface area contributed by atoms with E-state index in [1.807, 2.05) is 24.3 Å². The molecular formula is C15H13ClFNOS. The molecule has 0 aliphatic rings. The molecule has 5 heteroatoms. The molecule has 0 radical (unpaired) electrons. The Balaban J connectivity index is 1.82. The minimum atomic E-state index is -0.431. The maximum absolute atomic E-state index is 13.4. The van der Waals surface area contributed by atoms with E-state index in [9.17, 15) is 9.18 Å². The Bertz CT molecular complexity index is 606. The van der Waals surface area contributed by atoms with E-state index in [0.29, 0.717) is 17.2 Å². The van der Waals surface area contributed by atoms with Gasteiger partial charge < -0.3 is 5.32 Å². The van der Waals surface area contributed by atoms with Crippen molar-refractivity contribution in [3.8, 4) is 0 Å². The molecule has 0 saturated carbocycles. The van der Waals surface area contributed by atoms with Crippen molar-refractivity contribution in [2.45, 2.75) is 11.3 Å². The lowest BCUT2D eigenvalue weighted by molar-refractivity contribution is -0.115. The fraction of sp³-hybridized carbons (Fsp3) is 0.133. The number of benzene rings is 2. The van der Waals surface area contributed by atoms with E-state index < -0.39 is 5.82 Å². The van der Waals surface area contributed by atoms with Gasteiger partial charge in [-0.25, -0.2) is 4.39 Å². The van der Waals surface area contributed by atoms with Crippen molar-refractivity contribution in [1.82, 2.24) is 0 Å². The van der Waals surface area contributed by atoms with Crippen LogP contribution >= 0.6 is 23.4 Å². The summed E-state index contributed by atoms with van der Waals surface area (Å²) in [6.07, 6.45) is 0.296. The quantitative estimate of drug-likeness (QED) is 0.818. The summed E-state index contributed by atoms with van der Waals surface area (Å²) in [5.74, 6) is -0.0569. The van der Waals surface area contributed by atoms with Crippen LogP contribution in [0.1, 0.15) is 6.42 Å². The molecule has 0 aliphatic carbocycles. The molecule has 1 amide bonds. The highest BCUT2D eigenvalue weighted by Gasteiger charge is 2.07. The average molecular weight is 310 g/mol. The lowest BCUT2D eigenvalue weighted by Crippen LogP contribution is -2.13. The summed E-state index contributed by atoms with van der Waals surface area (Å²) in [5, 5.41) is 3.22. The highest BCUT2D eigenvalue weighted by atomic mass is 35.5. The predicted molar refractivity (Wildman–Crippen MR) is 81.8 cm³/mol. The molecule has 2 rings (SSSR count). The van der Waals surface area contributed by atoms with Gasteiger partial charge in [-0.3, -0.25) is 4.79 Å². The van der Waals surface area contributed by atoms with Gasteiger partial charge in [-0.1, -0.05) is 35.9 Å². The number of rotatable bonds is 5. The van der Waals surface area contributed by atoms with Crippen LogP contribution < -0.4 is 5.32 Å². The minimum absolute atomic E-state index is 0.209. The maximum atomic E-state index is 13.4. The van der Waals surface area contributed by atoms with Crippen molar-refractivity contribution in [2.24, 2.45) is 0 Å². The standard InChI is InChI=1S/C15H13ClFNOS/c16-11-5-1-4-8-14(11)20-10-9-15(19)18-13-7-3-2-6-12(13)17/h1-8H,9-10H2,(H,18,19). The molecule has 104 valence electrons.